The first-order valence-electron chi connectivity index (χ1n) is 16.6. The number of carbonyl (C=O) groups is 1. The van der Waals surface area contributed by atoms with E-state index in [1.54, 1.807) is 50.0 Å². The van der Waals surface area contributed by atoms with Crippen LogP contribution in [0.2, 0.25) is 0 Å². The molecule has 0 N–H and O–H groups in total. The Kier molecular flexibility index (Phi) is 9.69. The molecule has 10 heteroatoms. The maximum Gasteiger partial charge on any atom is 0.338 e. The Bertz CT molecular complexity index is 2580. The van der Waals surface area contributed by atoms with Crippen molar-refractivity contribution in [3.05, 3.63) is 162 Å². The van der Waals surface area contributed by atoms with Gasteiger partial charge in [-0.15, -0.1) is 0 Å². The van der Waals surface area contributed by atoms with Gasteiger partial charge < -0.3 is 18.9 Å². The first-order valence-corrected chi connectivity index (χ1v) is 17.4. The van der Waals surface area contributed by atoms with Crippen LogP contribution >= 0.6 is 11.3 Å². The van der Waals surface area contributed by atoms with Crippen molar-refractivity contribution in [3.63, 3.8) is 0 Å². The van der Waals surface area contributed by atoms with Crippen LogP contribution in [0.25, 0.3) is 22.5 Å². The van der Waals surface area contributed by atoms with E-state index < -0.39 is 12.0 Å². The predicted octanol–water partition coefficient (Wildman–Crippen LogP) is 6.56. The number of methoxy groups -OCH3 is 2. The minimum absolute atomic E-state index is 0.139. The first kappa shape index (κ1) is 34.0. The Morgan fingerprint density at radius 3 is 2.40 bits per heavy atom. The topological polar surface area (TPSA) is 112 Å². The highest BCUT2D eigenvalue weighted by atomic mass is 32.1. The van der Waals surface area contributed by atoms with Gasteiger partial charge in [0.15, 0.2) is 16.3 Å². The Morgan fingerprint density at radius 2 is 1.63 bits per heavy atom. The molecule has 7 rings (SSSR count). The van der Waals surface area contributed by atoms with Gasteiger partial charge in [0.1, 0.15) is 18.4 Å². The molecule has 0 saturated heterocycles. The monoisotopic (exact) mass is 707 g/mol. The zero-order valence-corrected chi connectivity index (χ0v) is 29.5. The lowest BCUT2D eigenvalue weighted by Crippen LogP contribution is -2.40. The Morgan fingerprint density at radius 1 is 0.904 bits per heavy atom. The Hall–Kier alpha value is -6.44. The lowest BCUT2D eigenvalue weighted by Gasteiger charge is -2.28. The Labute approximate surface area is 303 Å². The van der Waals surface area contributed by atoms with Gasteiger partial charge in [-0.05, 0) is 53.6 Å². The van der Waals surface area contributed by atoms with E-state index in [1.807, 2.05) is 91.0 Å². The van der Waals surface area contributed by atoms with E-state index in [1.165, 1.54) is 11.3 Å². The molecule has 9 nitrogen and oxygen atoms in total. The predicted molar refractivity (Wildman–Crippen MR) is 200 cm³/mol. The molecule has 0 unspecified atom stereocenters. The highest BCUT2D eigenvalue weighted by Gasteiger charge is 2.37. The number of thiazole rings is 1. The fraction of sp³-hybridized carbons (Fsp3) is 0.143. The van der Waals surface area contributed by atoms with Crippen LogP contribution in [0.5, 0.6) is 17.2 Å². The number of esters is 1. The average Bonchev–Trinajstić information content (AvgIpc) is 3.50. The van der Waals surface area contributed by atoms with Crippen molar-refractivity contribution in [3.8, 4) is 23.3 Å². The highest BCUT2D eigenvalue weighted by molar-refractivity contribution is 7.07. The van der Waals surface area contributed by atoms with Crippen molar-refractivity contribution in [1.29, 1.82) is 5.26 Å². The van der Waals surface area contributed by atoms with Crippen LogP contribution in [0.3, 0.4) is 0 Å². The summed E-state index contributed by atoms with van der Waals surface area (Å²) in [5.74, 6) is 0.901. The minimum atomic E-state index is -0.921. The van der Waals surface area contributed by atoms with Gasteiger partial charge in [0.05, 0.1) is 48.3 Å². The van der Waals surface area contributed by atoms with Crippen LogP contribution in [0.4, 0.5) is 0 Å². The molecule has 0 fully saturated rings. The van der Waals surface area contributed by atoms with Gasteiger partial charge in [0, 0.05) is 16.7 Å². The van der Waals surface area contributed by atoms with Crippen LogP contribution in [-0.4, -0.2) is 31.4 Å². The number of nitrogens with zero attached hydrogens (tertiary/aromatic N) is 3. The van der Waals surface area contributed by atoms with Crippen molar-refractivity contribution < 1.29 is 23.7 Å². The van der Waals surface area contributed by atoms with E-state index in [-0.39, 0.29) is 24.3 Å². The molecule has 0 radical (unpaired) electrons. The van der Waals surface area contributed by atoms with Crippen molar-refractivity contribution in [1.82, 2.24) is 4.57 Å². The van der Waals surface area contributed by atoms with E-state index in [0.717, 1.165) is 16.3 Å². The molecular formula is C42H33N3O6S. The van der Waals surface area contributed by atoms with Crippen LogP contribution < -0.4 is 29.1 Å². The lowest BCUT2D eigenvalue weighted by atomic mass is 9.89. The third-order valence-corrected chi connectivity index (χ3v) is 9.79. The maximum atomic E-state index is 14.6. The number of hydrogen-bond acceptors (Lipinski definition) is 9. The van der Waals surface area contributed by atoms with E-state index in [9.17, 15) is 14.9 Å². The van der Waals surface area contributed by atoms with Crippen LogP contribution in [-0.2, 0) is 16.1 Å². The van der Waals surface area contributed by atoms with E-state index in [4.69, 9.17) is 23.9 Å². The van der Waals surface area contributed by atoms with Gasteiger partial charge in [0.25, 0.3) is 5.56 Å². The average molecular weight is 708 g/mol. The van der Waals surface area contributed by atoms with Gasteiger partial charge in [-0.1, -0.05) is 96.3 Å². The summed E-state index contributed by atoms with van der Waals surface area (Å²) < 4.78 is 25.3. The molecule has 258 valence electrons. The quantitative estimate of drug-likeness (QED) is 0.148. The minimum Gasteiger partial charge on any atom is -0.496 e. The highest BCUT2D eigenvalue weighted by Crippen LogP contribution is 2.42. The number of carbonyl (C=O) groups excluding carboxylic acids is 1. The third kappa shape index (κ3) is 6.34. The van der Waals surface area contributed by atoms with Gasteiger partial charge in [0.2, 0.25) is 0 Å². The standard InChI is InChI=1S/C42H33N3O6S/c1-4-50-41(47)37-38(28-13-6-5-7-14-28)44-42-45(39(37)36-31-17-11-10-12-27(31)19-21-33(36)48-2)40(46)35(52-42)23-26-18-20-32(34(22-26)49-3)51-25-30-16-9-8-15-29(30)24-43/h5-23,39H,4,25H2,1-3H3/b35-23-/t39-/m1/s1. The zero-order valence-electron chi connectivity index (χ0n) is 28.7. The summed E-state index contributed by atoms with van der Waals surface area (Å²) in [5.41, 5.74) is 3.69. The molecule has 0 amide bonds. The molecule has 0 aliphatic carbocycles. The normalized spacial score (nSPS) is 14.0. The second-order valence-electron chi connectivity index (χ2n) is 11.8. The maximum absolute atomic E-state index is 14.6. The molecule has 0 spiro atoms. The molecule has 0 bridgehead atoms. The molecule has 6 aromatic rings. The van der Waals surface area contributed by atoms with Gasteiger partial charge in [-0.2, -0.15) is 5.26 Å². The number of nitriles is 1. The van der Waals surface area contributed by atoms with E-state index >= 15 is 0 Å². The van der Waals surface area contributed by atoms with Crippen LogP contribution in [0.15, 0.2) is 125 Å². The summed E-state index contributed by atoms with van der Waals surface area (Å²) in [4.78, 5) is 34.1. The summed E-state index contributed by atoms with van der Waals surface area (Å²) in [6.07, 6.45) is 1.77. The largest absolute Gasteiger partial charge is 0.496 e. The molecule has 1 aliphatic rings. The van der Waals surface area contributed by atoms with Crippen LogP contribution in [0.1, 0.15) is 40.8 Å². The molecule has 0 saturated carbocycles. The summed E-state index contributed by atoms with van der Waals surface area (Å²) in [7, 11) is 3.12. The molecule has 52 heavy (non-hydrogen) atoms. The number of aromatic nitrogens is 1. The molecule has 1 aromatic heterocycles. The second kappa shape index (κ2) is 14.8. The smallest absolute Gasteiger partial charge is 0.338 e. The van der Waals surface area contributed by atoms with Crippen LogP contribution in [0, 0.1) is 11.3 Å². The van der Waals surface area contributed by atoms with Gasteiger partial charge in [-0.3, -0.25) is 9.36 Å². The molecule has 2 heterocycles. The van der Waals surface area contributed by atoms with Gasteiger partial charge in [-0.25, -0.2) is 9.79 Å². The van der Waals surface area contributed by atoms with Crippen molar-refractivity contribution >= 4 is 39.9 Å². The molecule has 1 aliphatic heterocycles. The van der Waals surface area contributed by atoms with E-state index in [2.05, 4.69) is 6.07 Å². The van der Waals surface area contributed by atoms with Crippen molar-refractivity contribution in [2.24, 2.45) is 4.99 Å². The second-order valence-corrected chi connectivity index (χ2v) is 12.8. The first-order chi connectivity index (χ1) is 25.4. The summed E-state index contributed by atoms with van der Waals surface area (Å²) in [5, 5.41) is 11.2. The van der Waals surface area contributed by atoms with E-state index in [0.29, 0.717) is 54.5 Å². The fourth-order valence-corrected chi connectivity index (χ4v) is 7.41. The SMILES string of the molecule is CCOC(=O)C1=C(c2ccccc2)N=c2s/c(=C\c3ccc(OCc4ccccc4C#N)c(OC)c3)c(=O)n2[C@@H]1c1c(OC)ccc2ccccc12. The number of hydrogen-bond donors (Lipinski definition) is 0. The lowest BCUT2D eigenvalue weighted by molar-refractivity contribution is -0.138. The number of ether oxygens (including phenoxy) is 4. The molecular weight excluding hydrogens is 675 g/mol. The Balaban J connectivity index is 1.41. The number of benzene rings is 5. The number of rotatable bonds is 10. The number of fused-ring (bicyclic) bond motifs is 2. The summed E-state index contributed by atoms with van der Waals surface area (Å²) in [6, 6.07) is 35.0. The fourth-order valence-electron chi connectivity index (χ4n) is 6.40. The van der Waals surface area contributed by atoms with Gasteiger partial charge >= 0.3 is 5.97 Å². The van der Waals surface area contributed by atoms with Crippen molar-refractivity contribution in [2.45, 2.75) is 19.6 Å². The molecule has 5 aromatic carbocycles. The summed E-state index contributed by atoms with van der Waals surface area (Å²) >= 11 is 1.23. The van der Waals surface area contributed by atoms with Crippen molar-refractivity contribution in [2.75, 3.05) is 20.8 Å². The molecule has 1 atom stereocenters. The third-order valence-electron chi connectivity index (χ3n) is 8.80. The zero-order chi connectivity index (χ0) is 36.2. The summed E-state index contributed by atoms with van der Waals surface area (Å²) in [6.45, 7) is 2.07.